The number of rotatable bonds is 5. The van der Waals surface area contributed by atoms with E-state index in [9.17, 15) is 0 Å². The highest BCUT2D eigenvalue weighted by Gasteiger charge is 1.96. The van der Waals surface area contributed by atoms with Gasteiger partial charge in [0, 0.05) is 12.8 Å². The first-order valence-electron chi connectivity index (χ1n) is 4.10. The van der Waals surface area contributed by atoms with Crippen LogP contribution < -0.4 is 0 Å². The number of nitrogens with zero attached hydrogens (tertiary/aromatic N) is 1. The molecular formula is C8H18NO+. The third-order valence-electron chi connectivity index (χ3n) is 1.37. The van der Waals surface area contributed by atoms with Crippen molar-refractivity contribution in [1.82, 2.24) is 0 Å². The summed E-state index contributed by atoms with van der Waals surface area (Å²) in [7, 11) is 0. The number of hydroxylamine groups is 1. The Morgan fingerprint density at radius 2 is 2.00 bits per heavy atom. The smallest absolute Gasteiger partial charge is 0.192 e. The van der Waals surface area contributed by atoms with Crippen LogP contribution in [0.4, 0.5) is 0 Å². The van der Waals surface area contributed by atoms with Gasteiger partial charge in [0.05, 0.1) is 0 Å². The Labute approximate surface area is 63.1 Å². The molecule has 0 aromatic rings. The van der Waals surface area contributed by atoms with Crippen molar-refractivity contribution in [1.29, 1.82) is 0 Å². The Hall–Kier alpha value is -0.530. The molecule has 0 bridgehead atoms. The second-order valence-corrected chi connectivity index (χ2v) is 2.49. The summed E-state index contributed by atoms with van der Waals surface area (Å²) in [5.41, 5.74) is 0. The predicted molar refractivity (Wildman–Crippen MR) is 42.8 cm³/mol. The maximum Gasteiger partial charge on any atom is 0.192 e. The molecule has 2 heteroatoms. The van der Waals surface area contributed by atoms with Crippen molar-refractivity contribution in [3.8, 4) is 0 Å². The Bertz CT molecular complexity index is 99.4. The van der Waals surface area contributed by atoms with Gasteiger partial charge in [-0.15, -0.1) is 0 Å². The maximum absolute atomic E-state index is 9.09. The minimum Gasteiger partial charge on any atom is -0.291 e. The van der Waals surface area contributed by atoms with Gasteiger partial charge in [0.15, 0.2) is 12.8 Å². The van der Waals surface area contributed by atoms with E-state index in [0.29, 0.717) is 0 Å². The van der Waals surface area contributed by atoms with Gasteiger partial charge in [-0.05, 0) is 17.6 Å². The standard InChI is InChI=1S/C8H18NO/c1-3-5-7-9(10)8-6-4-2/h7,10H,3-6,8H2,1-2H3/q+1/b9-7-. The molecule has 0 atom stereocenters. The van der Waals surface area contributed by atoms with Gasteiger partial charge in [-0.25, -0.2) is 0 Å². The van der Waals surface area contributed by atoms with E-state index < -0.39 is 0 Å². The zero-order valence-electron chi connectivity index (χ0n) is 7.01. The van der Waals surface area contributed by atoms with Crippen LogP contribution in [-0.2, 0) is 0 Å². The summed E-state index contributed by atoms with van der Waals surface area (Å²) in [6.07, 6.45) is 6.12. The summed E-state index contributed by atoms with van der Waals surface area (Å²) in [6, 6.07) is 0. The van der Waals surface area contributed by atoms with E-state index in [1.807, 2.05) is 6.21 Å². The van der Waals surface area contributed by atoms with E-state index >= 15 is 0 Å². The third kappa shape index (κ3) is 5.60. The van der Waals surface area contributed by atoms with Crippen molar-refractivity contribution in [2.24, 2.45) is 0 Å². The molecule has 60 valence electrons. The summed E-state index contributed by atoms with van der Waals surface area (Å²) in [6.45, 7) is 4.99. The molecule has 1 N–H and O–H groups in total. The molecule has 0 spiro atoms. The van der Waals surface area contributed by atoms with E-state index in [4.69, 9.17) is 5.21 Å². The summed E-state index contributed by atoms with van der Waals surface area (Å²) in [5.74, 6) is 0. The van der Waals surface area contributed by atoms with Gasteiger partial charge in [-0.3, -0.25) is 5.21 Å². The SMILES string of the molecule is CCC/C=[N+](\O)CCCC. The van der Waals surface area contributed by atoms with E-state index in [-0.39, 0.29) is 0 Å². The zero-order valence-corrected chi connectivity index (χ0v) is 7.01. The Morgan fingerprint density at radius 3 is 2.50 bits per heavy atom. The van der Waals surface area contributed by atoms with E-state index in [2.05, 4.69) is 13.8 Å². The quantitative estimate of drug-likeness (QED) is 0.271. The average molecular weight is 144 g/mol. The normalized spacial score (nSPS) is 12.0. The highest BCUT2D eigenvalue weighted by Crippen LogP contribution is 1.86. The van der Waals surface area contributed by atoms with E-state index in [0.717, 1.165) is 32.2 Å². The first kappa shape index (κ1) is 9.47. The molecule has 10 heavy (non-hydrogen) atoms. The number of hydrogen-bond donors (Lipinski definition) is 1. The van der Waals surface area contributed by atoms with Crippen LogP contribution in [0.1, 0.15) is 39.5 Å². The molecule has 0 heterocycles. The molecular weight excluding hydrogens is 126 g/mol. The second kappa shape index (κ2) is 6.59. The molecule has 0 aromatic heterocycles. The van der Waals surface area contributed by atoms with Crippen molar-refractivity contribution in [3.63, 3.8) is 0 Å². The van der Waals surface area contributed by atoms with Crippen molar-refractivity contribution in [2.45, 2.75) is 39.5 Å². The molecule has 0 rings (SSSR count). The molecule has 0 fully saturated rings. The monoisotopic (exact) mass is 144 g/mol. The zero-order chi connectivity index (χ0) is 7.82. The van der Waals surface area contributed by atoms with Gasteiger partial charge >= 0.3 is 0 Å². The van der Waals surface area contributed by atoms with Crippen molar-refractivity contribution < 1.29 is 9.95 Å². The van der Waals surface area contributed by atoms with Crippen LogP contribution >= 0.6 is 0 Å². The van der Waals surface area contributed by atoms with Crippen LogP contribution in [0, 0.1) is 0 Å². The number of unbranched alkanes of at least 4 members (excludes halogenated alkanes) is 2. The van der Waals surface area contributed by atoms with Crippen LogP contribution in [0.2, 0.25) is 0 Å². The first-order valence-corrected chi connectivity index (χ1v) is 4.10. The summed E-state index contributed by atoms with van der Waals surface area (Å²) < 4.78 is 1.30. The van der Waals surface area contributed by atoms with Crippen LogP contribution in [0.15, 0.2) is 0 Å². The molecule has 0 saturated heterocycles. The van der Waals surface area contributed by atoms with Gasteiger partial charge in [0.25, 0.3) is 0 Å². The Morgan fingerprint density at radius 1 is 1.30 bits per heavy atom. The minimum absolute atomic E-state index is 0.774. The molecule has 0 aromatic carbocycles. The second-order valence-electron chi connectivity index (χ2n) is 2.49. The van der Waals surface area contributed by atoms with E-state index in [1.165, 1.54) is 4.74 Å². The third-order valence-corrected chi connectivity index (χ3v) is 1.37. The van der Waals surface area contributed by atoms with Crippen molar-refractivity contribution in [2.75, 3.05) is 6.54 Å². The molecule has 0 aliphatic heterocycles. The molecule has 0 saturated carbocycles. The van der Waals surface area contributed by atoms with Crippen LogP contribution in [0.3, 0.4) is 0 Å². The van der Waals surface area contributed by atoms with Crippen molar-refractivity contribution in [3.05, 3.63) is 0 Å². The molecule has 0 aliphatic carbocycles. The lowest BCUT2D eigenvalue weighted by atomic mass is 10.3. The molecule has 0 radical (unpaired) electrons. The largest absolute Gasteiger partial charge is 0.291 e. The van der Waals surface area contributed by atoms with Gasteiger partial charge in [0.1, 0.15) is 0 Å². The Balaban J connectivity index is 3.30. The van der Waals surface area contributed by atoms with Gasteiger partial charge < -0.3 is 0 Å². The molecule has 0 aliphatic rings. The van der Waals surface area contributed by atoms with Crippen LogP contribution in [0.25, 0.3) is 0 Å². The van der Waals surface area contributed by atoms with Crippen LogP contribution in [0.5, 0.6) is 0 Å². The fraction of sp³-hybridized carbons (Fsp3) is 0.875. The Kier molecular flexibility index (Phi) is 6.24. The van der Waals surface area contributed by atoms with Gasteiger partial charge in [-0.2, -0.15) is 0 Å². The van der Waals surface area contributed by atoms with Gasteiger partial charge in [-0.1, -0.05) is 13.8 Å². The lowest BCUT2D eigenvalue weighted by Gasteiger charge is -1.89. The fourth-order valence-corrected chi connectivity index (χ4v) is 0.690. The molecule has 2 nitrogen and oxygen atoms in total. The first-order chi connectivity index (χ1) is 4.81. The maximum atomic E-state index is 9.09. The van der Waals surface area contributed by atoms with Gasteiger partial charge in [0.2, 0.25) is 0 Å². The van der Waals surface area contributed by atoms with Crippen molar-refractivity contribution >= 4 is 6.21 Å². The average Bonchev–Trinajstić information content (AvgIpc) is 1.97. The summed E-state index contributed by atoms with van der Waals surface area (Å²) in [4.78, 5) is 0. The number of hydrogen-bond acceptors (Lipinski definition) is 1. The lowest BCUT2D eigenvalue weighted by molar-refractivity contribution is -0.772. The topological polar surface area (TPSA) is 23.2 Å². The highest BCUT2D eigenvalue weighted by atomic mass is 16.5. The lowest BCUT2D eigenvalue weighted by Crippen LogP contribution is -2.09. The molecule has 0 amide bonds. The van der Waals surface area contributed by atoms with Crippen LogP contribution in [-0.4, -0.2) is 22.7 Å². The van der Waals surface area contributed by atoms with E-state index in [1.54, 1.807) is 0 Å². The summed E-state index contributed by atoms with van der Waals surface area (Å²) >= 11 is 0. The summed E-state index contributed by atoms with van der Waals surface area (Å²) in [5, 5.41) is 9.09. The fourth-order valence-electron chi connectivity index (χ4n) is 0.690. The predicted octanol–water partition coefficient (Wildman–Crippen LogP) is 2.06. The minimum atomic E-state index is 0.774. The molecule has 0 unspecified atom stereocenters. The highest BCUT2D eigenvalue weighted by molar-refractivity contribution is 5.50.